The zero-order valence-electron chi connectivity index (χ0n) is 9.76. The smallest absolute Gasteiger partial charge is 0.0952 e. The SMILES string of the molecule is c1cc(-c2ccc(NCc3ccoc3)cc2)[nH]n1. The highest BCUT2D eigenvalue weighted by atomic mass is 16.3. The molecule has 0 unspecified atom stereocenters. The van der Waals surface area contributed by atoms with E-state index in [0.717, 1.165) is 29.1 Å². The maximum atomic E-state index is 5.02. The van der Waals surface area contributed by atoms with Gasteiger partial charge in [-0.05, 0) is 29.8 Å². The highest BCUT2D eigenvalue weighted by molar-refractivity contribution is 5.62. The standard InChI is InChI=1S/C14H13N3O/c1-3-13(15-9-11-6-8-18-10-11)4-2-12(1)14-5-7-16-17-14/h1-8,10,15H,9H2,(H,16,17). The molecule has 3 rings (SSSR count). The summed E-state index contributed by atoms with van der Waals surface area (Å²) < 4.78 is 5.02. The van der Waals surface area contributed by atoms with Gasteiger partial charge >= 0.3 is 0 Å². The number of benzene rings is 1. The number of nitrogens with zero attached hydrogens (tertiary/aromatic N) is 1. The van der Waals surface area contributed by atoms with Gasteiger partial charge in [0, 0.05) is 24.0 Å². The van der Waals surface area contributed by atoms with Crippen LogP contribution in [0.4, 0.5) is 5.69 Å². The normalized spacial score (nSPS) is 10.4. The molecule has 0 aliphatic heterocycles. The largest absolute Gasteiger partial charge is 0.472 e. The van der Waals surface area contributed by atoms with E-state index in [1.54, 1.807) is 18.7 Å². The van der Waals surface area contributed by atoms with Crippen molar-refractivity contribution in [1.82, 2.24) is 10.2 Å². The second-order valence-corrected chi connectivity index (χ2v) is 4.03. The van der Waals surface area contributed by atoms with Crippen LogP contribution < -0.4 is 5.32 Å². The van der Waals surface area contributed by atoms with E-state index in [2.05, 4.69) is 39.8 Å². The predicted molar refractivity (Wildman–Crippen MR) is 70.1 cm³/mol. The molecule has 0 amide bonds. The molecule has 2 heterocycles. The lowest BCUT2D eigenvalue weighted by Gasteiger charge is -2.05. The van der Waals surface area contributed by atoms with Crippen molar-refractivity contribution >= 4 is 5.69 Å². The van der Waals surface area contributed by atoms with Crippen molar-refractivity contribution in [2.45, 2.75) is 6.54 Å². The molecule has 4 nitrogen and oxygen atoms in total. The first-order valence-electron chi connectivity index (χ1n) is 5.76. The van der Waals surface area contributed by atoms with Crippen LogP contribution in [0.5, 0.6) is 0 Å². The minimum atomic E-state index is 0.764. The van der Waals surface area contributed by atoms with Crippen molar-refractivity contribution in [3.8, 4) is 11.3 Å². The first-order valence-corrected chi connectivity index (χ1v) is 5.76. The second kappa shape index (κ2) is 4.79. The quantitative estimate of drug-likeness (QED) is 0.734. The molecule has 0 bridgehead atoms. The minimum Gasteiger partial charge on any atom is -0.472 e. The van der Waals surface area contributed by atoms with Crippen molar-refractivity contribution < 1.29 is 4.42 Å². The summed E-state index contributed by atoms with van der Waals surface area (Å²) in [5.74, 6) is 0. The minimum absolute atomic E-state index is 0.764. The Morgan fingerprint density at radius 3 is 2.67 bits per heavy atom. The van der Waals surface area contributed by atoms with Gasteiger partial charge in [-0.3, -0.25) is 5.10 Å². The molecule has 0 radical (unpaired) electrons. The highest BCUT2D eigenvalue weighted by Gasteiger charge is 1.99. The molecule has 0 saturated carbocycles. The zero-order valence-corrected chi connectivity index (χ0v) is 9.76. The molecular weight excluding hydrogens is 226 g/mol. The summed E-state index contributed by atoms with van der Waals surface area (Å²) in [4.78, 5) is 0. The van der Waals surface area contributed by atoms with Crippen LogP contribution >= 0.6 is 0 Å². The van der Waals surface area contributed by atoms with Crippen LogP contribution in [-0.4, -0.2) is 10.2 Å². The van der Waals surface area contributed by atoms with E-state index in [4.69, 9.17) is 4.42 Å². The Labute approximate surface area is 105 Å². The van der Waals surface area contributed by atoms with Crippen molar-refractivity contribution in [3.63, 3.8) is 0 Å². The third-order valence-electron chi connectivity index (χ3n) is 2.77. The summed E-state index contributed by atoms with van der Waals surface area (Å²) in [5, 5.41) is 10.2. The van der Waals surface area contributed by atoms with Crippen molar-refractivity contribution in [1.29, 1.82) is 0 Å². The molecule has 4 heteroatoms. The van der Waals surface area contributed by atoms with Gasteiger partial charge in [0.1, 0.15) is 0 Å². The number of anilines is 1. The fourth-order valence-electron chi connectivity index (χ4n) is 1.78. The number of hydrogen-bond acceptors (Lipinski definition) is 3. The third-order valence-corrected chi connectivity index (χ3v) is 2.77. The summed E-state index contributed by atoms with van der Waals surface area (Å²) in [6, 6.07) is 12.1. The molecule has 0 atom stereocenters. The number of aromatic amines is 1. The van der Waals surface area contributed by atoms with E-state index in [0.29, 0.717) is 0 Å². The van der Waals surface area contributed by atoms with Crippen molar-refractivity contribution in [3.05, 3.63) is 60.7 Å². The van der Waals surface area contributed by atoms with Crippen LogP contribution in [0, 0.1) is 0 Å². The summed E-state index contributed by atoms with van der Waals surface area (Å²) >= 11 is 0. The Morgan fingerprint density at radius 2 is 2.00 bits per heavy atom. The third kappa shape index (κ3) is 2.27. The molecule has 0 spiro atoms. The molecule has 18 heavy (non-hydrogen) atoms. The van der Waals surface area contributed by atoms with E-state index in [1.165, 1.54) is 0 Å². The van der Waals surface area contributed by atoms with Gasteiger partial charge in [0.25, 0.3) is 0 Å². The Balaban J connectivity index is 1.68. The maximum absolute atomic E-state index is 5.02. The lowest BCUT2D eigenvalue weighted by Crippen LogP contribution is -1.97. The summed E-state index contributed by atoms with van der Waals surface area (Å²) in [5.41, 5.74) is 4.37. The van der Waals surface area contributed by atoms with Crippen LogP contribution in [0.25, 0.3) is 11.3 Å². The summed E-state index contributed by atoms with van der Waals surface area (Å²) in [6.07, 6.45) is 5.17. The lowest BCUT2D eigenvalue weighted by molar-refractivity contribution is 0.564. The van der Waals surface area contributed by atoms with Crippen molar-refractivity contribution in [2.75, 3.05) is 5.32 Å². The van der Waals surface area contributed by atoms with Gasteiger partial charge < -0.3 is 9.73 Å². The van der Waals surface area contributed by atoms with Crippen LogP contribution in [0.15, 0.2) is 59.5 Å². The van der Waals surface area contributed by atoms with Gasteiger partial charge in [-0.25, -0.2) is 0 Å². The first-order chi connectivity index (χ1) is 8.92. The van der Waals surface area contributed by atoms with Gasteiger partial charge in [0.15, 0.2) is 0 Å². The number of hydrogen-bond donors (Lipinski definition) is 2. The molecule has 1 aromatic carbocycles. The number of aromatic nitrogens is 2. The highest BCUT2D eigenvalue weighted by Crippen LogP contribution is 2.19. The number of rotatable bonds is 4. The van der Waals surface area contributed by atoms with E-state index >= 15 is 0 Å². The lowest BCUT2D eigenvalue weighted by atomic mass is 10.1. The van der Waals surface area contributed by atoms with Crippen LogP contribution in [0.1, 0.15) is 5.56 Å². The van der Waals surface area contributed by atoms with E-state index in [-0.39, 0.29) is 0 Å². The van der Waals surface area contributed by atoms with E-state index in [1.807, 2.05) is 12.1 Å². The first kappa shape index (κ1) is 10.7. The molecule has 90 valence electrons. The summed E-state index contributed by atoms with van der Waals surface area (Å²) in [7, 11) is 0. The zero-order chi connectivity index (χ0) is 12.2. The maximum Gasteiger partial charge on any atom is 0.0952 e. The second-order valence-electron chi connectivity index (χ2n) is 4.03. The Kier molecular flexibility index (Phi) is 2.84. The number of nitrogens with one attached hydrogen (secondary N) is 2. The molecule has 0 saturated heterocycles. The molecule has 2 N–H and O–H groups in total. The molecule has 0 fully saturated rings. The number of furan rings is 1. The van der Waals surface area contributed by atoms with Gasteiger partial charge in [0.2, 0.25) is 0 Å². The van der Waals surface area contributed by atoms with Gasteiger partial charge in [0.05, 0.1) is 18.2 Å². The Hall–Kier alpha value is -2.49. The Morgan fingerprint density at radius 1 is 1.11 bits per heavy atom. The fourth-order valence-corrected chi connectivity index (χ4v) is 1.78. The molecule has 0 aliphatic carbocycles. The summed E-state index contributed by atoms with van der Waals surface area (Å²) in [6.45, 7) is 0.764. The van der Waals surface area contributed by atoms with Gasteiger partial charge in [-0.1, -0.05) is 12.1 Å². The van der Waals surface area contributed by atoms with E-state index in [9.17, 15) is 0 Å². The fraction of sp³-hybridized carbons (Fsp3) is 0.0714. The number of H-pyrrole nitrogens is 1. The van der Waals surface area contributed by atoms with Crippen LogP contribution in [-0.2, 0) is 6.54 Å². The molecular formula is C14H13N3O. The average Bonchev–Trinajstić information content (AvgIpc) is 3.10. The van der Waals surface area contributed by atoms with Gasteiger partial charge in [-0.15, -0.1) is 0 Å². The van der Waals surface area contributed by atoms with Crippen LogP contribution in [0.2, 0.25) is 0 Å². The predicted octanol–water partition coefficient (Wildman–Crippen LogP) is 3.28. The molecule has 2 aromatic heterocycles. The molecule has 0 aliphatic rings. The molecule has 3 aromatic rings. The van der Waals surface area contributed by atoms with Crippen LogP contribution in [0.3, 0.4) is 0 Å². The monoisotopic (exact) mass is 239 g/mol. The van der Waals surface area contributed by atoms with Crippen molar-refractivity contribution in [2.24, 2.45) is 0 Å². The topological polar surface area (TPSA) is 53.9 Å². The van der Waals surface area contributed by atoms with E-state index < -0.39 is 0 Å². The Bertz CT molecular complexity index is 583. The van der Waals surface area contributed by atoms with Gasteiger partial charge in [-0.2, -0.15) is 5.10 Å². The average molecular weight is 239 g/mol.